The Morgan fingerprint density at radius 3 is 2.94 bits per heavy atom. The minimum absolute atomic E-state index is 0.218. The highest BCUT2D eigenvalue weighted by molar-refractivity contribution is 5.79. The molecule has 4 nitrogen and oxygen atoms in total. The zero-order chi connectivity index (χ0) is 12.1. The Balaban J connectivity index is 1.89. The summed E-state index contributed by atoms with van der Waals surface area (Å²) in [4.78, 5) is 14.4. The standard InChI is InChI=1S/C13H24N2O2/c14-10-11-3-1-4-12(9-11)13(16)15-5-2-7-17-8-6-15/h11-12H,1-10,14H2. The van der Waals surface area contributed by atoms with E-state index in [4.69, 9.17) is 10.5 Å². The summed E-state index contributed by atoms with van der Waals surface area (Å²) in [6, 6.07) is 0. The van der Waals surface area contributed by atoms with E-state index in [0.29, 0.717) is 18.4 Å². The first-order valence-corrected chi connectivity index (χ1v) is 6.88. The number of hydrogen-bond acceptors (Lipinski definition) is 3. The topological polar surface area (TPSA) is 55.6 Å². The minimum Gasteiger partial charge on any atom is -0.380 e. The molecule has 1 aliphatic heterocycles. The molecule has 2 N–H and O–H groups in total. The number of ether oxygens (including phenoxy) is 1. The van der Waals surface area contributed by atoms with Crippen molar-refractivity contribution in [1.29, 1.82) is 0 Å². The van der Waals surface area contributed by atoms with Crippen molar-refractivity contribution in [2.75, 3.05) is 32.8 Å². The van der Waals surface area contributed by atoms with Crippen LogP contribution in [0.15, 0.2) is 0 Å². The number of nitrogens with two attached hydrogens (primary N) is 1. The number of amides is 1. The molecule has 98 valence electrons. The van der Waals surface area contributed by atoms with Crippen LogP contribution in [0, 0.1) is 11.8 Å². The number of carbonyl (C=O) groups excluding carboxylic acids is 1. The summed E-state index contributed by atoms with van der Waals surface area (Å²) < 4.78 is 5.39. The van der Waals surface area contributed by atoms with Crippen LogP contribution in [0.4, 0.5) is 0 Å². The summed E-state index contributed by atoms with van der Waals surface area (Å²) in [7, 11) is 0. The normalized spacial score (nSPS) is 31.0. The molecule has 17 heavy (non-hydrogen) atoms. The highest BCUT2D eigenvalue weighted by atomic mass is 16.5. The van der Waals surface area contributed by atoms with E-state index in [1.807, 2.05) is 4.90 Å². The van der Waals surface area contributed by atoms with Crippen LogP contribution < -0.4 is 5.73 Å². The predicted octanol–water partition coefficient (Wildman–Crippen LogP) is 1.00. The third-order valence-corrected chi connectivity index (χ3v) is 4.00. The van der Waals surface area contributed by atoms with Crippen molar-refractivity contribution in [3.63, 3.8) is 0 Å². The number of nitrogens with zero attached hydrogens (tertiary/aromatic N) is 1. The van der Waals surface area contributed by atoms with Crippen molar-refractivity contribution in [3.05, 3.63) is 0 Å². The van der Waals surface area contributed by atoms with E-state index < -0.39 is 0 Å². The summed E-state index contributed by atoms with van der Waals surface area (Å²) in [5, 5.41) is 0. The second kappa shape index (κ2) is 6.36. The van der Waals surface area contributed by atoms with Gasteiger partial charge in [0.25, 0.3) is 0 Å². The lowest BCUT2D eigenvalue weighted by atomic mass is 9.80. The zero-order valence-electron chi connectivity index (χ0n) is 10.6. The third kappa shape index (κ3) is 3.42. The quantitative estimate of drug-likeness (QED) is 0.783. The Morgan fingerprint density at radius 2 is 2.12 bits per heavy atom. The van der Waals surface area contributed by atoms with E-state index in [9.17, 15) is 4.79 Å². The molecule has 2 rings (SSSR count). The number of hydrogen-bond donors (Lipinski definition) is 1. The van der Waals surface area contributed by atoms with Crippen LogP contribution in [0.5, 0.6) is 0 Å². The van der Waals surface area contributed by atoms with Crippen LogP contribution in [0.2, 0.25) is 0 Å². The molecule has 2 unspecified atom stereocenters. The molecule has 1 saturated heterocycles. The molecule has 2 atom stereocenters. The first-order valence-electron chi connectivity index (χ1n) is 6.88. The fourth-order valence-electron chi connectivity index (χ4n) is 2.95. The van der Waals surface area contributed by atoms with Gasteiger partial charge in [0.1, 0.15) is 0 Å². The van der Waals surface area contributed by atoms with E-state index in [1.54, 1.807) is 0 Å². The summed E-state index contributed by atoms with van der Waals surface area (Å²) in [6.07, 6.45) is 5.37. The first-order chi connectivity index (χ1) is 8.31. The largest absolute Gasteiger partial charge is 0.380 e. The Kier molecular flexibility index (Phi) is 4.80. The van der Waals surface area contributed by atoms with Crippen LogP contribution >= 0.6 is 0 Å². The molecular weight excluding hydrogens is 216 g/mol. The molecule has 0 spiro atoms. The predicted molar refractivity (Wildman–Crippen MR) is 66.5 cm³/mol. The molecule has 0 bridgehead atoms. The van der Waals surface area contributed by atoms with Gasteiger partial charge in [-0.1, -0.05) is 6.42 Å². The lowest BCUT2D eigenvalue weighted by Gasteiger charge is -2.31. The SMILES string of the molecule is NCC1CCCC(C(=O)N2CCCOCC2)C1. The average molecular weight is 240 g/mol. The minimum atomic E-state index is 0.218. The van der Waals surface area contributed by atoms with Crippen LogP contribution in [-0.4, -0.2) is 43.7 Å². The molecule has 1 aliphatic carbocycles. The molecule has 0 aromatic heterocycles. The van der Waals surface area contributed by atoms with Crippen molar-refractivity contribution < 1.29 is 9.53 Å². The van der Waals surface area contributed by atoms with Gasteiger partial charge in [0, 0.05) is 25.6 Å². The summed E-state index contributed by atoms with van der Waals surface area (Å²) in [6.45, 7) is 3.84. The Bertz CT molecular complexity index is 250. The summed E-state index contributed by atoms with van der Waals surface area (Å²) >= 11 is 0. The zero-order valence-corrected chi connectivity index (χ0v) is 10.6. The van der Waals surface area contributed by atoms with Crippen LogP contribution in [0.3, 0.4) is 0 Å². The molecule has 0 radical (unpaired) electrons. The van der Waals surface area contributed by atoms with Crippen LogP contribution in [0.1, 0.15) is 32.1 Å². The molecule has 1 saturated carbocycles. The van der Waals surface area contributed by atoms with Crippen molar-refractivity contribution in [2.24, 2.45) is 17.6 Å². The average Bonchev–Trinajstić information content (AvgIpc) is 2.67. The maximum atomic E-state index is 12.4. The molecular formula is C13H24N2O2. The highest BCUT2D eigenvalue weighted by Crippen LogP contribution is 2.29. The molecule has 4 heteroatoms. The Labute approximate surface area is 103 Å². The number of rotatable bonds is 2. The molecule has 0 aromatic rings. The molecule has 1 heterocycles. The van der Waals surface area contributed by atoms with Crippen molar-refractivity contribution >= 4 is 5.91 Å². The second-order valence-electron chi connectivity index (χ2n) is 5.26. The van der Waals surface area contributed by atoms with Gasteiger partial charge in [-0.15, -0.1) is 0 Å². The van der Waals surface area contributed by atoms with E-state index >= 15 is 0 Å². The molecule has 2 aliphatic rings. The van der Waals surface area contributed by atoms with E-state index in [1.165, 1.54) is 6.42 Å². The molecule has 0 aromatic carbocycles. The fraction of sp³-hybridized carbons (Fsp3) is 0.923. The van der Waals surface area contributed by atoms with E-state index in [0.717, 1.165) is 51.9 Å². The van der Waals surface area contributed by atoms with Gasteiger partial charge in [-0.3, -0.25) is 4.79 Å². The van der Waals surface area contributed by atoms with Gasteiger partial charge in [0.2, 0.25) is 5.91 Å². The maximum Gasteiger partial charge on any atom is 0.225 e. The van der Waals surface area contributed by atoms with Gasteiger partial charge >= 0.3 is 0 Å². The van der Waals surface area contributed by atoms with Gasteiger partial charge < -0.3 is 15.4 Å². The monoisotopic (exact) mass is 240 g/mol. The Morgan fingerprint density at radius 1 is 1.24 bits per heavy atom. The fourth-order valence-corrected chi connectivity index (χ4v) is 2.95. The van der Waals surface area contributed by atoms with Crippen LogP contribution in [0.25, 0.3) is 0 Å². The molecule has 1 amide bonds. The van der Waals surface area contributed by atoms with Crippen molar-refractivity contribution in [1.82, 2.24) is 4.90 Å². The summed E-state index contributed by atoms with van der Waals surface area (Å²) in [5.74, 6) is 1.12. The van der Waals surface area contributed by atoms with Crippen molar-refractivity contribution in [2.45, 2.75) is 32.1 Å². The second-order valence-corrected chi connectivity index (χ2v) is 5.26. The van der Waals surface area contributed by atoms with Gasteiger partial charge in [0.15, 0.2) is 0 Å². The maximum absolute atomic E-state index is 12.4. The summed E-state index contributed by atoms with van der Waals surface area (Å²) in [5.41, 5.74) is 5.72. The van der Waals surface area contributed by atoms with Gasteiger partial charge in [-0.2, -0.15) is 0 Å². The lowest BCUT2D eigenvalue weighted by molar-refractivity contribution is -0.137. The van der Waals surface area contributed by atoms with Crippen molar-refractivity contribution in [3.8, 4) is 0 Å². The highest BCUT2D eigenvalue weighted by Gasteiger charge is 2.29. The van der Waals surface area contributed by atoms with Crippen LogP contribution in [-0.2, 0) is 9.53 Å². The van der Waals surface area contributed by atoms with Gasteiger partial charge in [0.05, 0.1) is 6.61 Å². The Hall–Kier alpha value is -0.610. The number of carbonyl (C=O) groups is 1. The lowest BCUT2D eigenvalue weighted by Crippen LogP contribution is -2.40. The molecule has 2 fully saturated rings. The first kappa shape index (κ1) is 12.8. The van der Waals surface area contributed by atoms with E-state index in [2.05, 4.69) is 0 Å². The smallest absolute Gasteiger partial charge is 0.225 e. The van der Waals surface area contributed by atoms with Gasteiger partial charge in [-0.05, 0) is 38.1 Å². The van der Waals surface area contributed by atoms with E-state index in [-0.39, 0.29) is 5.92 Å². The van der Waals surface area contributed by atoms with Gasteiger partial charge in [-0.25, -0.2) is 0 Å². The third-order valence-electron chi connectivity index (χ3n) is 4.00.